The summed E-state index contributed by atoms with van der Waals surface area (Å²) in [6, 6.07) is 9.30. The van der Waals surface area contributed by atoms with E-state index < -0.39 is 0 Å². The smallest absolute Gasteiger partial charge is 0.191 e. The van der Waals surface area contributed by atoms with Crippen LogP contribution in [0.25, 0.3) is 0 Å². The van der Waals surface area contributed by atoms with E-state index in [4.69, 9.17) is 14.5 Å². The third-order valence-electron chi connectivity index (χ3n) is 5.95. The summed E-state index contributed by atoms with van der Waals surface area (Å²) in [7, 11) is 0. The molecule has 2 aliphatic heterocycles. The molecule has 1 aromatic rings. The average molecular weight is 545 g/mol. The van der Waals surface area contributed by atoms with E-state index in [9.17, 15) is 0 Å². The Morgan fingerprint density at radius 3 is 2.68 bits per heavy atom. The molecule has 0 aliphatic carbocycles. The zero-order valence-corrected chi connectivity index (χ0v) is 21.6. The van der Waals surface area contributed by atoms with Gasteiger partial charge in [-0.3, -0.25) is 9.89 Å². The number of guanidine groups is 1. The van der Waals surface area contributed by atoms with Gasteiger partial charge in [-0.05, 0) is 58.2 Å². The lowest BCUT2D eigenvalue weighted by molar-refractivity contribution is 0.0888. The van der Waals surface area contributed by atoms with Crippen LogP contribution in [0, 0.1) is 12.8 Å². The summed E-state index contributed by atoms with van der Waals surface area (Å²) >= 11 is 0. The minimum absolute atomic E-state index is 0. The lowest BCUT2D eigenvalue weighted by Gasteiger charge is -2.27. The Labute approximate surface area is 205 Å². The molecule has 2 aliphatic rings. The SMILES string of the molecule is CCNC(=NCC(c1ccc(C)cc1)N1CCCC1)NCCCOCC1CCOC1.I. The van der Waals surface area contributed by atoms with E-state index in [1.165, 1.54) is 37.1 Å². The van der Waals surface area contributed by atoms with Crippen molar-refractivity contribution in [3.8, 4) is 0 Å². The van der Waals surface area contributed by atoms with E-state index in [1.54, 1.807) is 0 Å². The predicted octanol–water partition coefficient (Wildman–Crippen LogP) is 3.75. The number of nitrogens with zero attached hydrogens (tertiary/aromatic N) is 2. The fourth-order valence-electron chi connectivity index (χ4n) is 4.14. The lowest BCUT2D eigenvalue weighted by Crippen LogP contribution is -2.39. The van der Waals surface area contributed by atoms with Gasteiger partial charge in [0.15, 0.2) is 5.96 Å². The Balaban J connectivity index is 0.00000341. The van der Waals surface area contributed by atoms with E-state index in [-0.39, 0.29) is 24.0 Å². The number of ether oxygens (including phenoxy) is 2. The van der Waals surface area contributed by atoms with Crippen LogP contribution < -0.4 is 10.6 Å². The van der Waals surface area contributed by atoms with Gasteiger partial charge in [-0.25, -0.2) is 0 Å². The van der Waals surface area contributed by atoms with Crippen LogP contribution in [-0.2, 0) is 9.47 Å². The molecule has 0 saturated carbocycles. The molecule has 2 saturated heterocycles. The molecule has 7 heteroatoms. The first-order valence-corrected chi connectivity index (χ1v) is 11.7. The molecule has 31 heavy (non-hydrogen) atoms. The monoisotopic (exact) mass is 544 g/mol. The Bertz CT molecular complexity index is 629. The van der Waals surface area contributed by atoms with Gasteiger partial charge in [0.2, 0.25) is 0 Å². The number of aryl methyl sites for hydroxylation is 1. The number of benzene rings is 1. The highest BCUT2D eigenvalue weighted by atomic mass is 127. The summed E-state index contributed by atoms with van der Waals surface area (Å²) < 4.78 is 11.2. The first-order chi connectivity index (χ1) is 14.8. The molecule has 2 atom stereocenters. The zero-order valence-electron chi connectivity index (χ0n) is 19.3. The van der Waals surface area contributed by atoms with Crippen LogP contribution in [0.4, 0.5) is 0 Å². The van der Waals surface area contributed by atoms with E-state index in [0.717, 1.165) is 64.9 Å². The summed E-state index contributed by atoms with van der Waals surface area (Å²) in [6.07, 6.45) is 4.69. The summed E-state index contributed by atoms with van der Waals surface area (Å²) in [4.78, 5) is 7.52. The quantitative estimate of drug-likeness (QED) is 0.193. The van der Waals surface area contributed by atoms with Crippen LogP contribution in [0.5, 0.6) is 0 Å². The highest BCUT2D eigenvalue weighted by Gasteiger charge is 2.23. The van der Waals surface area contributed by atoms with Crippen molar-refractivity contribution < 1.29 is 9.47 Å². The van der Waals surface area contributed by atoms with Crippen LogP contribution in [-0.4, -0.2) is 70.0 Å². The fourth-order valence-corrected chi connectivity index (χ4v) is 4.14. The van der Waals surface area contributed by atoms with Crippen molar-refractivity contribution in [2.75, 3.05) is 59.2 Å². The van der Waals surface area contributed by atoms with E-state index in [1.807, 2.05) is 0 Å². The van der Waals surface area contributed by atoms with Crippen molar-refractivity contribution in [2.24, 2.45) is 10.9 Å². The molecule has 1 aromatic carbocycles. The molecule has 176 valence electrons. The zero-order chi connectivity index (χ0) is 21.0. The Morgan fingerprint density at radius 2 is 2.00 bits per heavy atom. The second-order valence-electron chi connectivity index (χ2n) is 8.47. The van der Waals surface area contributed by atoms with Gasteiger partial charge in [-0.1, -0.05) is 29.8 Å². The third-order valence-corrected chi connectivity index (χ3v) is 5.95. The molecular formula is C24H41IN4O2. The van der Waals surface area contributed by atoms with Crippen molar-refractivity contribution in [1.82, 2.24) is 15.5 Å². The first kappa shape index (κ1) is 26.4. The van der Waals surface area contributed by atoms with Gasteiger partial charge in [0, 0.05) is 32.2 Å². The summed E-state index contributed by atoms with van der Waals surface area (Å²) in [5.41, 5.74) is 2.67. The minimum atomic E-state index is 0. The van der Waals surface area contributed by atoms with Gasteiger partial charge in [-0.2, -0.15) is 0 Å². The number of rotatable bonds is 11. The van der Waals surface area contributed by atoms with Crippen molar-refractivity contribution in [3.63, 3.8) is 0 Å². The molecule has 0 radical (unpaired) electrons. The molecule has 0 spiro atoms. The van der Waals surface area contributed by atoms with Gasteiger partial charge in [0.05, 0.1) is 25.8 Å². The molecule has 3 rings (SSSR count). The molecule has 6 nitrogen and oxygen atoms in total. The summed E-state index contributed by atoms with van der Waals surface area (Å²) in [5.74, 6) is 1.49. The normalized spacial score (nSPS) is 20.5. The fraction of sp³-hybridized carbons (Fsp3) is 0.708. The molecular weight excluding hydrogens is 503 g/mol. The largest absolute Gasteiger partial charge is 0.381 e. The Hall–Kier alpha value is -0.900. The Kier molecular flexibility index (Phi) is 12.8. The number of likely N-dealkylation sites (tertiary alicyclic amines) is 1. The molecule has 2 heterocycles. The molecule has 2 fully saturated rings. The Morgan fingerprint density at radius 1 is 1.23 bits per heavy atom. The van der Waals surface area contributed by atoms with Crippen LogP contribution >= 0.6 is 24.0 Å². The predicted molar refractivity (Wildman–Crippen MR) is 138 cm³/mol. The standard InChI is InChI=1S/C24H40N4O2.HI/c1-3-25-24(26-12-6-15-29-18-21-11-16-30-19-21)27-17-23(28-13-4-5-14-28)22-9-7-20(2)8-10-22;/h7-10,21,23H,3-6,11-19H2,1-2H3,(H2,25,26,27);1H. The summed E-state index contributed by atoms with van der Waals surface area (Å²) in [6.45, 7) is 12.4. The van der Waals surface area contributed by atoms with Gasteiger partial charge >= 0.3 is 0 Å². The van der Waals surface area contributed by atoms with Crippen LogP contribution in [0.2, 0.25) is 0 Å². The topological polar surface area (TPSA) is 58.1 Å². The minimum Gasteiger partial charge on any atom is -0.381 e. The summed E-state index contributed by atoms with van der Waals surface area (Å²) in [5, 5.41) is 6.86. The van der Waals surface area contributed by atoms with Gasteiger partial charge in [0.1, 0.15) is 0 Å². The maximum atomic E-state index is 5.81. The lowest BCUT2D eigenvalue weighted by atomic mass is 10.0. The molecule has 2 N–H and O–H groups in total. The molecule has 2 unspecified atom stereocenters. The number of hydrogen-bond donors (Lipinski definition) is 2. The first-order valence-electron chi connectivity index (χ1n) is 11.7. The number of halogens is 1. The third kappa shape index (κ3) is 9.24. The number of aliphatic imine (C=N–C) groups is 1. The second-order valence-corrected chi connectivity index (χ2v) is 8.47. The van der Waals surface area contributed by atoms with E-state index in [0.29, 0.717) is 12.0 Å². The van der Waals surface area contributed by atoms with Crippen molar-refractivity contribution >= 4 is 29.9 Å². The molecule has 0 amide bonds. The van der Waals surface area contributed by atoms with Crippen LogP contribution in [0.15, 0.2) is 29.3 Å². The highest BCUT2D eigenvalue weighted by molar-refractivity contribution is 14.0. The van der Waals surface area contributed by atoms with Crippen molar-refractivity contribution in [1.29, 1.82) is 0 Å². The van der Waals surface area contributed by atoms with Crippen LogP contribution in [0.1, 0.15) is 49.8 Å². The second kappa shape index (κ2) is 15.0. The van der Waals surface area contributed by atoms with E-state index >= 15 is 0 Å². The van der Waals surface area contributed by atoms with Gasteiger partial charge < -0.3 is 20.1 Å². The maximum Gasteiger partial charge on any atom is 0.191 e. The highest BCUT2D eigenvalue weighted by Crippen LogP contribution is 2.25. The molecule has 0 aromatic heterocycles. The maximum absolute atomic E-state index is 5.81. The van der Waals surface area contributed by atoms with Gasteiger partial charge in [-0.15, -0.1) is 24.0 Å². The van der Waals surface area contributed by atoms with Crippen molar-refractivity contribution in [2.45, 2.75) is 45.6 Å². The molecule has 0 bridgehead atoms. The average Bonchev–Trinajstić information content (AvgIpc) is 3.46. The van der Waals surface area contributed by atoms with E-state index in [2.05, 4.69) is 53.6 Å². The number of hydrogen-bond acceptors (Lipinski definition) is 4. The van der Waals surface area contributed by atoms with Crippen molar-refractivity contribution in [3.05, 3.63) is 35.4 Å². The van der Waals surface area contributed by atoms with Crippen LogP contribution in [0.3, 0.4) is 0 Å². The number of nitrogens with one attached hydrogen (secondary N) is 2. The van der Waals surface area contributed by atoms with Gasteiger partial charge in [0.25, 0.3) is 0 Å².